The molecule has 1 aromatic heterocycles. The number of aromatic nitrogens is 3. The molecule has 4 rings (SSSR count). The normalized spacial score (nSPS) is 21.0. The van der Waals surface area contributed by atoms with Crippen LogP contribution in [0.4, 0.5) is 0 Å². The molecular formula is C23H36N6O3S. The summed E-state index contributed by atoms with van der Waals surface area (Å²) in [7, 11) is -3.70. The number of likely N-dealkylation sites (tertiary alicyclic amines) is 1. The van der Waals surface area contributed by atoms with Gasteiger partial charge in [0.25, 0.3) is 0 Å². The Balaban J connectivity index is 1.34. The smallest absolute Gasteiger partial charge is 0.243 e. The third-order valence-electron chi connectivity index (χ3n) is 6.72. The van der Waals surface area contributed by atoms with Crippen molar-refractivity contribution in [3.8, 4) is 0 Å². The van der Waals surface area contributed by atoms with Crippen molar-refractivity contribution in [3.63, 3.8) is 0 Å². The maximum Gasteiger partial charge on any atom is 0.243 e. The molecule has 1 aromatic carbocycles. The average Bonchev–Trinajstić information content (AvgIpc) is 3.26. The first-order valence-corrected chi connectivity index (χ1v) is 13.7. The van der Waals surface area contributed by atoms with Gasteiger partial charge in [-0.1, -0.05) is 11.6 Å². The number of carbonyl (C=O) groups is 1. The maximum absolute atomic E-state index is 13.3. The largest absolute Gasteiger partial charge is 0.356 e. The van der Waals surface area contributed by atoms with Crippen molar-refractivity contribution in [1.82, 2.24) is 29.5 Å². The molecule has 0 radical (unpaired) electrons. The molecule has 2 fully saturated rings. The molecule has 2 aromatic rings. The van der Waals surface area contributed by atoms with E-state index >= 15 is 0 Å². The Hall–Kier alpha value is -2.04. The van der Waals surface area contributed by atoms with Crippen molar-refractivity contribution < 1.29 is 13.2 Å². The van der Waals surface area contributed by atoms with Crippen molar-refractivity contribution in [2.75, 3.05) is 39.3 Å². The Morgan fingerprint density at radius 3 is 2.70 bits per heavy atom. The van der Waals surface area contributed by atoms with E-state index in [9.17, 15) is 13.2 Å². The first-order chi connectivity index (χ1) is 15.9. The number of rotatable bonds is 8. The molecule has 182 valence electrons. The third kappa shape index (κ3) is 5.55. The van der Waals surface area contributed by atoms with Crippen LogP contribution in [0.1, 0.15) is 58.4 Å². The second-order valence-electron chi connectivity index (χ2n) is 9.53. The number of piperidine rings is 2. The number of nitrogens with zero attached hydrogens (tertiary/aromatic N) is 5. The van der Waals surface area contributed by atoms with Gasteiger partial charge in [0.15, 0.2) is 0 Å². The van der Waals surface area contributed by atoms with Gasteiger partial charge in [-0.2, -0.15) is 4.31 Å². The summed E-state index contributed by atoms with van der Waals surface area (Å²) in [4.78, 5) is 15.4. The summed E-state index contributed by atoms with van der Waals surface area (Å²) in [6.07, 6.45) is 6.17. The van der Waals surface area contributed by atoms with E-state index in [-0.39, 0.29) is 29.3 Å². The monoisotopic (exact) mass is 476 g/mol. The van der Waals surface area contributed by atoms with E-state index in [4.69, 9.17) is 0 Å². The number of amides is 1. The SMILES string of the molecule is CC(C)n1nnc2cc(S(=O)(=O)N3CCCC(C(=O)NCCCN4CCCCC4)C3)ccc21. The Labute approximate surface area is 196 Å². The highest BCUT2D eigenvalue weighted by molar-refractivity contribution is 7.89. The highest BCUT2D eigenvalue weighted by atomic mass is 32.2. The zero-order valence-electron chi connectivity index (χ0n) is 19.7. The first-order valence-electron chi connectivity index (χ1n) is 12.2. The predicted octanol–water partition coefficient (Wildman–Crippen LogP) is 2.41. The summed E-state index contributed by atoms with van der Waals surface area (Å²) in [6, 6.07) is 5.10. The van der Waals surface area contributed by atoms with Gasteiger partial charge in [-0.05, 0) is 83.8 Å². The van der Waals surface area contributed by atoms with Gasteiger partial charge in [0.2, 0.25) is 15.9 Å². The molecule has 10 heteroatoms. The van der Waals surface area contributed by atoms with Gasteiger partial charge in [0.1, 0.15) is 5.52 Å². The van der Waals surface area contributed by atoms with E-state index < -0.39 is 10.0 Å². The fourth-order valence-electron chi connectivity index (χ4n) is 4.83. The molecule has 2 saturated heterocycles. The number of fused-ring (bicyclic) bond motifs is 1. The molecule has 2 aliphatic heterocycles. The Kier molecular flexibility index (Phi) is 7.65. The molecule has 33 heavy (non-hydrogen) atoms. The van der Waals surface area contributed by atoms with Crippen LogP contribution in [-0.2, 0) is 14.8 Å². The summed E-state index contributed by atoms with van der Waals surface area (Å²) in [6.45, 7) is 8.62. The number of benzene rings is 1. The number of hydrogen-bond acceptors (Lipinski definition) is 6. The summed E-state index contributed by atoms with van der Waals surface area (Å²) in [5.41, 5.74) is 1.37. The highest BCUT2D eigenvalue weighted by Gasteiger charge is 2.33. The highest BCUT2D eigenvalue weighted by Crippen LogP contribution is 2.26. The van der Waals surface area contributed by atoms with E-state index in [0.29, 0.717) is 31.4 Å². The van der Waals surface area contributed by atoms with Crippen LogP contribution >= 0.6 is 0 Å². The standard InChI is InChI=1S/C23H36N6O3S/c1-18(2)29-22-10-9-20(16-21(22)25-26-29)33(31,32)28-15-6-8-19(17-28)23(30)24-11-7-14-27-12-4-3-5-13-27/h9-10,16,18-19H,3-8,11-15,17H2,1-2H3,(H,24,30). The van der Waals surface area contributed by atoms with E-state index in [1.165, 1.54) is 23.6 Å². The van der Waals surface area contributed by atoms with Gasteiger partial charge in [-0.15, -0.1) is 5.10 Å². The quantitative estimate of drug-likeness (QED) is 0.587. The zero-order valence-corrected chi connectivity index (χ0v) is 20.6. The van der Waals surface area contributed by atoms with E-state index in [1.54, 1.807) is 22.9 Å². The molecule has 0 spiro atoms. The molecule has 1 amide bonds. The summed E-state index contributed by atoms with van der Waals surface area (Å²) >= 11 is 0. The van der Waals surface area contributed by atoms with Crippen LogP contribution in [0.2, 0.25) is 0 Å². The van der Waals surface area contributed by atoms with Gasteiger partial charge in [-0.25, -0.2) is 13.1 Å². The number of carbonyl (C=O) groups excluding carboxylic acids is 1. The van der Waals surface area contributed by atoms with Crippen LogP contribution in [0.15, 0.2) is 23.1 Å². The first kappa shape index (κ1) is 24.1. The molecule has 2 aliphatic rings. The Bertz CT molecular complexity index is 1060. The topological polar surface area (TPSA) is 100 Å². The summed E-state index contributed by atoms with van der Waals surface area (Å²) < 4.78 is 29.8. The lowest BCUT2D eigenvalue weighted by Gasteiger charge is -2.31. The van der Waals surface area contributed by atoms with E-state index in [2.05, 4.69) is 20.5 Å². The van der Waals surface area contributed by atoms with Crippen molar-refractivity contribution in [2.24, 2.45) is 5.92 Å². The van der Waals surface area contributed by atoms with Crippen LogP contribution in [0.25, 0.3) is 11.0 Å². The zero-order chi connectivity index (χ0) is 23.4. The molecule has 0 aliphatic carbocycles. The molecule has 9 nitrogen and oxygen atoms in total. The third-order valence-corrected chi connectivity index (χ3v) is 8.58. The van der Waals surface area contributed by atoms with Crippen LogP contribution in [0, 0.1) is 5.92 Å². The summed E-state index contributed by atoms with van der Waals surface area (Å²) in [5.74, 6) is -0.349. The molecule has 0 saturated carbocycles. The van der Waals surface area contributed by atoms with Crippen LogP contribution in [0.5, 0.6) is 0 Å². The van der Waals surface area contributed by atoms with E-state index in [0.717, 1.165) is 31.6 Å². The molecule has 1 N–H and O–H groups in total. The van der Waals surface area contributed by atoms with Crippen molar-refractivity contribution >= 4 is 27.0 Å². The van der Waals surface area contributed by atoms with Crippen molar-refractivity contribution in [2.45, 2.75) is 63.3 Å². The summed E-state index contributed by atoms with van der Waals surface area (Å²) in [5, 5.41) is 11.3. The number of hydrogen-bond donors (Lipinski definition) is 1. The van der Waals surface area contributed by atoms with Gasteiger partial charge < -0.3 is 10.2 Å². The Morgan fingerprint density at radius 1 is 1.15 bits per heavy atom. The van der Waals surface area contributed by atoms with E-state index in [1.807, 2.05) is 13.8 Å². The minimum absolute atomic E-state index is 0.0381. The molecule has 3 heterocycles. The minimum atomic E-state index is -3.70. The fraction of sp³-hybridized carbons (Fsp3) is 0.696. The lowest BCUT2D eigenvalue weighted by molar-refractivity contribution is -0.126. The average molecular weight is 477 g/mol. The number of nitrogens with one attached hydrogen (secondary N) is 1. The second-order valence-corrected chi connectivity index (χ2v) is 11.5. The molecule has 1 atom stereocenters. The molecule has 1 unspecified atom stereocenters. The maximum atomic E-state index is 13.3. The van der Waals surface area contributed by atoms with Gasteiger partial charge in [0.05, 0.1) is 16.3 Å². The van der Waals surface area contributed by atoms with Crippen molar-refractivity contribution in [1.29, 1.82) is 0 Å². The minimum Gasteiger partial charge on any atom is -0.356 e. The predicted molar refractivity (Wildman–Crippen MR) is 127 cm³/mol. The molecule has 0 bridgehead atoms. The van der Waals surface area contributed by atoms with Crippen LogP contribution in [0.3, 0.4) is 0 Å². The van der Waals surface area contributed by atoms with Crippen LogP contribution in [-0.4, -0.2) is 77.8 Å². The van der Waals surface area contributed by atoms with Crippen molar-refractivity contribution in [3.05, 3.63) is 18.2 Å². The lowest BCUT2D eigenvalue weighted by Crippen LogP contribution is -2.45. The second kappa shape index (κ2) is 10.5. The lowest BCUT2D eigenvalue weighted by atomic mass is 9.99. The fourth-order valence-corrected chi connectivity index (χ4v) is 6.37. The van der Waals surface area contributed by atoms with Crippen LogP contribution < -0.4 is 5.32 Å². The molecular weight excluding hydrogens is 440 g/mol. The van der Waals surface area contributed by atoms with Gasteiger partial charge >= 0.3 is 0 Å². The Morgan fingerprint density at radius 2 is 1.94 bits per heavy atom. The van der Waals surface area contributed by atoms with Gasteiger partial charge in [0, 0.05) is 25.7 Å². The van der Waals surface area contributed by atoms with Gasteiger partial charge in [-0.3, -0.25) is 4.79 Å². The number of sulfonamides is 1.